The smallest absolute Gasteiger partial charge is 0.316 e. The van der Waals surface area contributed by atoms with E-state index < -0.39 is 15.4 Å². The maximum absolute atomic E-state index is 12.3. The second kappa shape index (κ2) is 8.97. The molecule has 1 aliphatic rings. The van der Waals surface area contributed by atoms with Crippen LogP contribution in [0.2, 0.25) is 0 Å². The number of aryl methyl sites for hydroxylation is 1. The lowest BCUT2D eigenvalue weighted by molar-refractivity contribution is -0.146. The van der Waals surface area contributed by atoms with Gasteiger partial charge in [-0.3, -0.25) is 9.59 Å². The van der Waals surface area contributed by atoms with Crippen molar-refractivity contribution in [3.8, 4) is 0 Å². The van der Waals surface area contributed by atoms with E-state index in [0.29, 0.717) is 18.7 Å². The first-order valence-corrected chi connectivity index (χ1v) is 11.4. The van der Waals surface area contributed by atoms with E-state index >= 15 is 0 Å². The summed E-state index contributed by atoms with van der Waals surface area (Å²) in [5.41, 5.74) is 1.93. The molecule has 0 unspecified atom stereocenters. The van der Waals surface area contributed by atoms with Crippen molar-refractivity contribution in [3.63, 3.8) is 0 Å². The highest BCUT2D eigenvalue weighted by molar-refractivity contribution is 7.89. The van der Waals surface area contributed by atoms with Crippen LogP contribution in [0.1, 0.15) is 37.3 Å². The van der Waals surface area contributed by atoms with Gasteiger partial charge >= 0.3 is 5.97 Å². The van der Waals surface area contributed by atoms with Crippen molar-refractivity contribution in [2.45, 2.75) is 42.9 Å². The van der Waals surface area contributed by atoms with Gasteiger partial charge in [0.05, 0.1) is 16.9 Å². The fourth-order valence-electron chi connectivity index (χ4n) is 3.31. The highest BCUT2D eigenvalue weighted by Gasteiger charge is 2.52. The van der Waals surface area contributed by atoms with Crippen LogP contribution in [0.4, 0.5) is 5.69 Å². The van der Waals surface area contributed by atoms with Crippen LogP contribution < -0.4 is 10.0 Å². The minimum atomic E-state index is -3.46. The monoisotopic (exact) mass is 430 g/mol. The molecule has 1 fully saturated rings. The topological polar surface area (TPSA) is 102 Å². The summed E-state index contributed by atoms with van der Waals surface area (Å²) in [7, 11) is -2.10. The number of hydrogen-bond acceptors (Lipinski definition) is 5. The maximum Gasteiger partial charge on any atom is 0.316 e. The Hall–Kier alpha value is -2.71. The molecule has 0 radical (unpaired) electrons. The number of nitrogens with one attached hydrogen (secondary N) is 2. The third kappa shape index (κ3) is 4.88. The fraction of sp³-hybridized carbons (Fsp3) is 0.364. The summed E-state index contributed by atoms with van der Waals surface area (Å²) >= 11 is 0. The zero-order valence-corrected chi connectivity index (χ0v) is 17.9. The molecule has 2 aromatic carbocycles. The van der Waals surface area contributed by atoms with Crippen LogP contribution in [0.5, 0.6) is 0 Å². The van der Waals surface area contributed by atoms with Gasteiger partial charge in [0.15, 0.2) is 0 Å². The Labute approximate surface area is 176 Å². The molecule has 0 atom stereocenters. The van der Waals surface area contributed by atoms with Gasteiger partial charge in [-0.25, -0.2) is 13.1 Å². The summed E-state index contributed by atoms with van der Waals surface area (Å²) in [6.07, 6.45) is 2.33. The summed E-state index contributed by atoms with van der Waals surface area (Å²) in [6, 6.07) is 13.8. The van der Waals surface area contributed by atoms with Gasteiger partial charge in [0, 0.05) is 12.1 Å². The lowest BCUT2D eigenvalue weighted by atomic mass is 9.96. The van der Waals surface area contributed by atoms with Gasteiger partial charge in [0.2, 0.25) is 15.9 Å². The van der Waals surface area contributed by atoms with E-state index in [0.717, 1.165) is 24.0 Å². The fourth-order valence-corrected chi connectivity index (χ4v) is 4.04. The van der Waals surface area contributed by atoms with Gasteiger partial charge in [-0.15, -0.1) is 0 Å². The van der Waals surface area contributed by atoms with Crippen molar-refractivity contribution >= 4 is 27.6 Å². The van der Waals surface area contributed by atoms with Gasteiger partial charge in [0.1, 0.15) is 0 Å². The molecule has 8 heteroatoms. The molecular formula is C22H26N2O5S. The predicted octanol–water partition coefficient (Wildman–Crippen LogP) is 2.76. The van der Waals surface area contributed by atoms with E-state index in [1.165, 1.54) is 19.2 Å². The molecule has 1 saturated carbocycles. The molecule has 0 spiro atoms. The van der Waals surface area contributed by atoms with Gasteiger partial charge in [0.25, 0.3) is 0 Å². The average Bonchev–Trinajstić information content (AvgIpc) is 3.55. The van der Waals surface area contributed by atoms with Gasteiger partial charge < -0.3 is 10.1 Å². The predicted molar refractivity (Wildman–Crippen MR) is 114 cm³/mol. The molecule has 0 aliphatic heterocycles. The first-order chi connectivity index (χ1) is 14.3. The molecule has 30 heavy (non-hydrogen) atoms. The number of ether oxygens (including phenoxy) is 1. The summed E-state index contributed by atoms with van der Waals surface area (Å²) in [4.78, 5) is 24.6. The van der Waals surface area contributed by atoms with E-state index in [2.05, 4.69) is 10.0 Å². The second-order valence-corrected chi connectivity index (χ2v) is 9.17. The molecule has 3 rings (SSSR count). The zero-order valence-electron chi connectivity index (χ0n) is 17.1. The van der Waals surface area contributed by atoms with Crippen molar-refractivity contribution in [2.75, 3.05) is 19.0 Å². The van der Waals surface area contributed by atoms with Crippen molar-refractivity contribution in [1.29, 1.82) is 0 Å². The van der Waals surface area contributed by atoms with Crippen LogP contribution in [0.3, 0.4) is 0 Å². The Morgan fingerprint density at radius 2 is 1.67 bits per heavy atom. The Morgan fingerprint density at radius 3 is 2.20 bits per heavy atom. The summed E-state index contributed by atoms with van der Waals surface area (Å²) in [5.74, 6) is -0.323. The van der Waals surface area contributed by atoms with E-state index in [1.807, 2.05) is 12.1 Å². The van der Waals surface area contributed by atoms with Gasteiger partial charge in [-0.1, -0.05) is 24.3 Å². The minimum Gasteiger partial charge on any atom is -0.465 e. The first kappa shape index (κ1) is 22.0. The van der Waals surface area contributed by atoms with E-state index in [1.54, 1.807) is 31.2 Å². The molecular weight excluding hydrogens is 404 g/mol. The zero-order chi connectivity index (χ0) is 21.8. The van der Waals surface area contributed by atoms with Crippen molar-refractivity contribution in [1.82, 2.24) is 4.72 Å². The summed E-state index contributed by atoms with van der Waals surface area (Å²) in [6.45, 7) is 2.16. The molecule has 2 aromatic rings. The number of amides is 1. The summed E-state index contributed by atoms with van der Waals surface area (Å²) in [5, 5.41) is 2.85. The molecule has 1 aliphatic carbocycles. The molecule has 7 nitrogen and oxygen atoms in total. The molecule has 0 bridgehead atoms. The lowest BCUT2D eigenvalue weighted by Crippen LogP contribution is -2.23. The quantitative estimate of drug-likeness (QED) is 0.596. The van der Waals surface area contributed by atoms with Crippen LogP contribution in [0.15, 0.2) is 53.4 Å². The Balaban J connectivity index is 1.54. The van der Waals surface area contributed by atoms with Crippen molar-refractivity contribution < 1.29 is 22.7 Å². The van der Waals surface area contributed by atoms with Crippen molar-refractivity contribution in [2.24, 2.45) is 0 Å². The number of carbonyl (C=O) groups is 2. The number of anilines is 1. The largest absolute Gasteiger partial charge is 0.465 e. The Kier molecular flexibility index (Phi) is 6.58. The SMILES string of the molecule is CCOC(=O)C1(c2ccc(NC(=O)CCc3ccc(S(=O)(=O)NC)cc3)cc2)CC1. The van der Waals surface area contributed by atoms with Gasteiger partial charge in [-0.2, -0.15) is 0 Å². The number of rotatable bonds is 9. The standard InChI is InChI=1S/C22H26N2O5S/c1-3-29-21(26)22(14-15-22)17-7-9-18(10-8-17)24-20(25)13-6-16-4-11-19(12-5-16)30(27,28)23-2/h4-5,7-12,23H,3,6,13-15H2,1-2H3,(H,24,25). The van der Waals surface area contributed by atoms with Crippen molar-refractivity contribution in [3.05, 3.63) is 59.7 Å². The van der Waals surface area contributed by atoms with Crippen LogP contribution in [-0.2, 0) is 36.2 Å². The highest BCUT2D eigenvalue weighted by Crippen LogP contribution is 2.49. The second-order valence-electron chi connectivity index (χ2n) is 7.28. The van der Waals surface area contributed by atoms with Gasteiger partial charge in [-0.05, 0) is 68.6 Å². The number of carbonyl (C=O) groups excluding carboxylic acids is 2. The third-order valence-electron chi connectivity index (χ3n) is 5.28. The molecule has 2 N–H and O–H groups in total. The number of esters is 1. The molecule has 160 valence electrons. The van der Waals surface area contributed by atoms with E-state index in [9.17, 15) is 18.0 Å². The summed E-state index contributed by atoms with van der Waals surface area (Å²) < 4.78 is 30.9. The number of benzene rings is 2. The molecule has 0 aromatic heterocycles. The minimum absolute atomic E-state index is 0.138. The molecule has 0 saturated heterocycles. The molecule has 0 heterocycles. The number of sulfonamides is 1. The highest BCUT2D eigenvalue weighted by atomic mass is 32.2. The maximum atomic E-state index is 12.3. The van der Waals surface area contributed by atoms with Crippen LogP contribution >= 0.6 is 0 Å². The lowest BCUT2D eigenvalue weighted by Gasteiger charge is -2.15. The molecule has 1 amide bonds. The third-order valence-corrected chi connectivity index (χ3v) is 6.71. The Morgan fingerprint density at radius 1 is 1.03 bits per heavy atom. The van der Waals surface area contributed by atoms with Crippen LogP contribution in [0, 0.1) is 0 Å². The van der Waals surface area contributed by atoms with E-state index in [4.69, 9.17) is 4.74 Å². The normalized spacial score (nSPS) is 14.7. The van der Waals surface area contributed by atoms with Crippen LogP contribution in [0.25, 0.3) is 0 Å². The first-order valence-electron chi connectivity index (χ1n) is 9.91. The average molecular weight is 431 g/mol. The van der Waals surface area contributed by atoms with E-state index in [-0.39, 0.29) is 23.2 Å². The number of hydrogen-bond donors (Lipinski definition) is 2. The Bertz CT molecular complexity index is 1010. The van der Waals surface area contributed by atoms with Crippen LogP contribution in [-0.4, -0.2) is 33.9 Å².